The highest BCUT2D eigenvalue weighted by atomic mass is 35.5. The molecular weight excluding hydrogens is 334 g/mol. The van der Waals surface area contributed by atoms with E-state index in [1.807, 2.05) is 30.3 Å². The van der Waals surface area contributed by atoms with Crippen molar-refractivity contribution in [3.63, 3.8) is 0 Å². The summed E-state index contributed by atoms with van der Waals surface area (Å²) in [6.07, 6.45) is 1.68. The average Bonchev–Trinajstić information content (AvgIpc) is 2.66. The molecule has 0 spiro atoms. The summed E-state index contributed by atoms with van der Waals surface area (Å²) in [5.41, 5.74) is 2.73. The molecule has 0 amide bonds. The SMILES string of the molecule is O=C1c2ccccc2C(=O)c2c1ccc(N=Cc1ccccc1)c2Cl. The fraction of sp³-hybridized carbons (Fsp3) is 0. The molecule has 120 valence electrons. The zero-order valence-corrected chi connectivity index (χ0v) is 13.8. The Hall–Kier alpha value is -3.04. The minimum Gasteiger partial charge on any atom is -0.289 e. The van der Waals surface area contributed by atoms with Gasteiger partial charge in [0, 0.05) is 22.9 Å². The number of ketones is 2. The van der Waals surface area contributed by atoms with Gasteiger partial charge in [-0.3, -0.25) is 14.6 Å². The lowest BCUT2D eigenvalue weighted by molar-refractivity contribution is 0.0979. The fourth-order valence-electron chi connectivity index (χ4n) is 2.92. The second-order valence-electron chi connectivity index (χ2n) is 5.69. The van der Waals surface area contributed by atoms with Crippen LogP contribution in [0.25, 0.3) is 0 Å². The Morgan fingerprint density at radius 1 is 0.720 bits per heavy atom. The lowest BCUT2D eigenvalue weighted by Gasteiger charge is -2.18. The maximum atomic E-state index is 12.8. The van der Waals surface area contributed by atoms with Gasteiger partial charge in [-0.25, -0.2) is 0 Å². The maximum absolute atomic E-state index is 12.8. The molecule has 0 radical (unpaired) electrons. The molecule has 0 heterocycles. The lowest BCUT2D eigenvalue weighted by atomic mass is 9.84. The van der Waals surface area contributed by atoms with Crippen LogP contribution in [-0.4, -0.2) is 17.8 Å². The van der Waals surface area contributed by atoms with Gasteiger partial charge in [0.2, 0.25) is 0 Å². The summed E-state index contributed by atoms with van der Waals surface area (Å²) in [6, 6.07) is 19.7. The molecule has 3 nitrogen and oxygen atoms in total. The van der Waals surface area contributed by atoms with Gasteiger partial charge in [-0.1, -0.05) is 66.2 Å². The summed E-state index contributed by atoms with van der Waals surface area (Å²) < 4.78 is 0. The topological polar surface area (TPSA) is 46.5 Å². The van der Waals surface area contributed by atoms with Crippen molar-refractivity contribution < 1.29 is 9.59 Å². The normalized spacial score (nSPS) is 13.0. The zero-order valence-electron chi connectivity index (χ0n) is 13.1. The summed E-state index contributed by atoms with van der Waals surface area (Å²) in [4.78, 5) is 29.8. The van der Waals surface area contributed by atoms with Gasteiger partial charge in [0.15, 0.2) is 11.6 Å². The van der Waals surface area contributed by atoms with Crippen LogP contribution in [0.4, 0.5) is 5.69 Å². The fourth-order valence-corrected chi connectivity index (χ4v) is 3.22. The first kappa shape index (κ1) is 15.5. The number of hydrogen-bond acceptors (Lipinski definition) is 3. The summed E-state index contributed by atoms with van der Waals surface area (Å²) in [6.45, 7) is 0. The van der Waals surface area contributed by atoms with Crippen molar-refractivity contribution >= 4 is 35.1 Å². The molecule has 0 bridgehead atoms. The number of halogens is 1. The molecule has 0 atom stereocenters. The van der Waals surface area contributed by atoms with Gasteiger partial charge in [-0.15, -0.1) is 0 Å². The third-order valence-electron chi connectivity index (χ3n) is 4.16. The van der Waals surface area contributed by atoms with E-state index >= 15 is 0 Å². The molecule has 0 saturated carbocycles. The van der Waals surface area contributed by atoms with E-state index in [-0.39, 0.29) is 22.2 Å². The van der Waals surface area contributed by atoms with E-state index in [0.717, 1.165) is 5.56 Å². The molecular formula is C21H12ClNO2. The molecule has 0 N–H and O–H groups in total. The predicted molar refractivity (Wildman–Crippen MR) is 98.5 cm³/mol. The Morgan fingerprint density at radius 3 is 2.08 bits per heavy atom. The van der Waals surface area contributed by atoms with Gasteiger partial charge in [0.05, 0.1) is 16.3 Å². The van der Waals surface area contributed by atoms with Crippen molar-refractivity contribution in [3.8, 4) is 0 Å². The lowest BCUT2D eigenvalue weighted by Crippen LogP contribution is -2.21. The monoisotopic (exact) mass is 345 g/mol. The first-order valence-electron chi connectivity index (χ1n) is 7.77. The predicted octanol–water partition coefficient (Wildman–Crippen LogP) is 4.87. The van der Waals surface area contributed by atoms with Gasteiger partial charge in [-0.05, 0) is 17.7 Å². The largest absolute Gasteiger partial charge is 0.289 e. The van der Waals surface area contributed by atoms with Crippen LogP contribution >= 0.6 is 11.6 Å². The summed E-state index contributed by atoms with van der Waals surface area (Å²) in [5, 5.41) is 0.206. The quantitative estimate of drug-likeness (QED) is 0.487. The van der Waals surface area contributed by atoms with E-state index < -0.39 is 0 Å². The Balaban J connectivity index is 1.81. The molecule has 0 aliphatic heterocycles. The number of fused-ring (bicyclic) bond motifs is 2. The summed E-state index contributed by atoms with van der Waals surface area (Å²) in [5.74, 6) is -0.433. The average molecular weight is 346 g/mol. The van der Waals surface area contributed by atoms with Crippen molar-refractivity contribution in [1.29, 1.82) is 0 Å². The first-order chi connectivity index (χ1) is 12.2. The smallest absolute Gasteiger partial charge is 0.196 e. The molecule has 3 aromatic rings. The van der Waals surface area contributed by atoms with E-state index in [9.17, 15) is 9.59 Å². The van der Waals surface area contributed by atoms with Crippen LogP contribution in [0.5, 0.6) is 0 Å². The van der Waals surface area contributed by atoms with Crippen LogP contribution < -0.4 is 0 Å². The Bertz CT molecular complexity index is 1040. The highest BCUT2D eigenvalue weighted by Gasteiger charge is 2.32. The van der Waals surface area contributed by atoms with E-state index in [2.05, 4.69) is 4.99 Å². The Kier molecular flexibility index (Phi) is 3.79. The minimum absolute atomic E-state index is 0.189. The Labute approximate surface area is 149 Å². The number of rotatable bonds is 2. The van der Waals surface area contributed by atoms with Crippen LogP contribution in [-0.2, 0) is 0 Å². The molecule has 4 rings (SSSR count). The highest BCUT2D eigenvalue weighted by Crippen LogP contribution is 2.37. The minimum atomic E-state index is -0.244. The van der Waals surface area contributed by atoms with Crippen molar-refractivity contribution in [3.05, 3.63) is 99.6 Å². The van der Waals surface area contributed by atoms with E-state index in [1.54, 1.807) is 42.6 Å². The third-order valence-corrected chi connectivity index (χ3v) is 4.54. The molecule has 1 aliphatic rings. The maximum Gasteiger partial charge on any atom is 0.196 e. The number of carbonyl (C=O) groups is 2. The van der Waals surface area contributed by atoms with Crippen molar-refractivity contribution in [2.24, 2.45) is 4.99 Å². The zero-order chi connectivity index (χ0) is 17.4. The number of nitrogens with zero attached hydrogens (tertiary/aromatic N) is 1. The molecule has 25 heavy (non-hydrogen) atoms. The second kappa shape index (κ2) is 6.11. The van der Waals surface area contributed by atoms with Crippen LogP contribution in [0.1, 0.15) is 37.4 Å². The molecule has 0 aromatic heterocycles. The van der Waals surface area contributed by atoms with E-state index in [0.29, 0.717) is 22.4 Å². The van der Waals surface area contributed by atoms with Gasteiger partial charge < -0.3 is 0 Å². The van der Waals surface area contributed by atoms with Crippen LogP contribution in [0.2, 0.25) is 5.02 Å². The van der Waals surface area contributed by atoms with Crippen LogP contribution in [0, 0.1) is 0 Å². The first-order valence-corrected chi connectivity index (χ1v) is 8.14. The molecule has 0 fully saturated rings. The van der Waals surface area contributed by atoms with Gasteiger partial charge in [0.25, 0.3) is 0 Å². The summed E-state index contributed by atoms with van der Waals surface area (Å²) >= 11 is 6.43. The van der Waals surface area contributed by atoms with Gasteiger partial charge in [0.1, 0.15) is 0 Å². The number of benzene rings is 3. The molecule has 3 aromatic carbocycles. The molecule has 0 saturated heterocycles. The van der Waals surface area contributed by atoms with Crippen molar-refractivity contribution in [2.75, 3.05) is 0 Å². The molecule has 4 heteroatoms. The standard InChI is InChI=1S/C21H12ClNO2/c22-19-17(23-12-13-6-2-1-3-7-13)11-10-16-18(19)21(25)15-9-5-4-8-14(15)20(16)24/h1-12H. The van der Waals surface area contributed by atoms with Gasteiger partial charge in [-0.2, -0.15) is 0 Å². The number of hydrogen-bond donors (Lipinski definition) is 0. The molecule has 0 unspecified atom stereocenters. The third kappa shape index (κ3) is 2.59. The number of carbonyl (C=O) groups excluding carboxylic acids is 2. The van der Waals surface area contributed by atoms with Gasteiger partial charge >= 0.3 is 0 Å². The Morgan fingerprint density at radius 2 is 1.36 bits per heavy atom. The van der Waals surface area contributed by atoms with Crippen molar-refractivity contribution in [1.82, 2.24) is 0 Å². The molecule has 1 aliphatic carbocycles. The van der Waals surface area contributed by atoms with Crippen molar-refractivity contribution in [2.45, 2.75) is 0 Å². The number of aliphatic imine (C=N–C) groups is 1. The van der Waals surface area contributed by atoms with E-state index in [1.165, 1.54) is 0 Å². The van der Waals surface area contributed by atoms with E-state index in [4.69, 9.17) is 11.6 Å². The highest BCUT2D eigenvalue weighted by molar-refractivity contribution is 6.41. The van der Waals surface area contributed by atoms with Crippen LogP contribution in [0.3, 0.4) is 0 Å². The summed E-state index contributed by atoms with van der Waals surface area (Å²) in [7, 11) is 0. The second-order valence-corrected chi connectivity index (χ2v) is 6.07. The van der Waals surface area contributed by atoms with Crippen LogP contribution in [0.15, 0.2) is 71.7 Å².